The predicted molar refractivity (Wildman–Crippen MR) is 85.3 cm³/mol. The molecule has 0 fully saturated rings. The Bertz CT molecular complexity index is 911. The molecule has 26 heavy (non-hydrogen) atoms. The number of alkyl halides is 3. The maximum absolute atomic E-state index is 12.3. The van der Waals surface area contributed by atoms with Gasteiger partial charge in [-0.1, -0.05) is 6.07 Å². The van der Waals surface area contributed by atoms with Crippen LogP contribution in [0.2, 0.25) is 0 Å². The Hall–Kier alpha value is -3.01. The third kappa shape index (κ3) is 3.97. The second-order valence-electron chi connectivity index (χ2n) is 5.57. The number of hydrogen-bond acceptors (Lipinski definition) is 5. The molecule has 3 heterocycles. The molecule has 0 aliphatic heterocycles. The predicted octanol–water partition coefficient (Wildman–Crippen LogP) is 1.53. The molecular formula is C16H14F3N5O2. The first-order chi connectivity index (χ1) is 12.3. The van der Waals surface area contributed by atoms with Gasteiger partial charge in [-0.25, -0.2) is 9.97 Å². The van der Waals surface area contributed by atoms with Crippen LogP contribution in [0.4, 0.5) is 13.2 Å². The fraction of sp³-hybridized carbons (Fsp3) is 0.250. The van der Waals surface area contributed by atoms with Crippen LogP contribution in [0.15, 0.2) is 43.1 Å². The highest BCUT2D eigenvalue weighted by molar-refractivity contribution is 5.96. The molecule has 0 saturated carbocycles. The minimum atomic E-state index is -4.79. The first kappa shape index (κ1) is 17.8. The molecule has 0 radical (unpaired) electrons. The van der Waals surface area contributed by atoms with Crippen molar-refractivity contribution in [3.8, 4) is 0 Å². The SMILES string of the molecule is O=C(NCC(O)C(F)(F)F)c1cnc2c(c1)ncn2Cc1cccnc1. The molecule has 3 rings (SSSR count). The third-order valence-corrected chi connectivity index (χ3v) is 3.63. The second-order valence-corrected chi connectivity index (χ2v) is 5.57. The maximum atomic E-state index is 12.3. The van der Waals surface area contributed by atoms with Crippen molar-refractivity contribution in [3.05, 3.63) is 54.2 Å². The van der Waals surface area contributed by atoms with E-state index in [9.17, 15) is 18.0 Å². The Balaban J connectivity index is 1.73. The fourth-order valence-electron chi connectivity index (χ4n) is 2.28. The summed E-state index contributed by atoms with van der Waals surface area (Å²) in [6.07, 6.45) is -1.24. The summed E-state index contributed by atoms with van der Waals surface area (Å²) in [5.41, 5.74) is 1.95. The van der Waals surface area contributed by atoms with Gasteiger partial charge in [0.05, 0.1) is 25.0 Å². The van der Waals surface area contributed by atoms with E-state index in [1.807, 2.05) is 11.4 Å². The molecule has 0 aliphatic carbocycles. The molecule has 1 unspecified atom stereocenters. The molecule has 0 aliphatic rings. The van der Waals surface area contributed by atoms with E-state index < -0.39 is 24.7 Å². The minimum Gasteiger partial charge on any atom is -0.382 e. The first-order valence-corrected chi connectivity index (χ1v) is 7.57. The fourth-order valence-corrected chi connectivity index (χ4v) is 2.28. The summed E-state index contributed by atoms with van der Waals surface area (Å²) in [7, 11) is 0. The number of aliphatic hydroxyl groups excluding tert-OH is 1. The van der Waals surface area contributed by atoms with Crippen molar-refractivity contribution in [1.82, 2.24) is 24.8 Å². The first-order valence-electron chi connectivity index (χ1n) is 7.57. The van der Waals surface area contributed by atoms with E-state index in [1.165, 1.54) is 12.3 Å². The third-order valence-electron chi connectivity index (χ3n) is 3.63. The lowest BCUT2D eigenvalue weighted by atomic mass is 10.2. The quantitative estimate of drug-likeness (QED) is 0.715. The highest BCUT2D eigenvalue weighted by atomic mass is 19.4. The Morgan fingerprint density at radius 1 is 1.31 bits per heavy atom. The Morgan fingerprint density at radius 2 is 2.12 bits per heavy atom. The van der Waals surface area contributed by atoms with Gasteiger partial charge in [0.25, 0.3) is 5.91 Å². The molecule has 136 valence electrons. The number of pyridine rings is 2. The number of halogens is 3. The smallest absolute Gasteiger partial charge is 0.382 e. The summed E-state index contributed by atoms with van der Waals surface area (Å²) in [6, 6.07) is 5.13. The van der Waals surface area contributed by atoms with Gasteiger partial charge in [0, 0.05) is 18.6 Å². The van der Waals surface area contributed by atoms with Crippen LogP contribution in [0.25, 0.3) is 11.2 Å². The zero-order valence-corrected chi connectivity index (χ0v) is 13.3. The van der Waals surface area contributed by atoms with E-state index >= 15 is 0 Å². The molecule has 0 bridgehead atoms. The highest BCUT2D eigenvalue weighted by Gasteiger charge is 2.38. The summed E-state index contributed by atoms with van der Waals surface area (Å²) in [6.45, 7) is -0.448. The lowest BCUT2D eigenvalue weighted by Gasteiger charge is -2.14. The number of hydrogen-bond donors (Lipinski definition) is 2. The molecule has 3 aromatic heterocycles. The largest absolute Gasteiger partial charge is 0.416 e. The van der Waals surface area contributed by atoms with Crippen LogP contribution in [-0.4, -0.2) is 49.4 Å². The van der Waals surface area contributed by atoms with Crippen molar-refractivity contribution in [1.29, 1.82) is 0 Å². The summed E-state index contributed by atoms with van der Waals surface area (Å²) in [4.78, 5) is 24.3. The molecule has 0 aromatic carbocycles. The highest BCUT2D eigenvalue weighted by Crippen LogP contribution is 2.19. The van der Waals surface area contributed by atoms with Gasteiger partial charge in [0.1, 0.15) is 5.52 Å². The zero-order valence-electron chi connectivity index (χ0n) is 13.3. The van der Waals surface area contributed by atoms with Gasteiger partial charge in [0.2, 0.25) is 0 Å². The van der Waals surface area contributed by atoms with Crippen LogP contribution in [-0.2, 0) is 6.54 Å². The summed E-state index contributed by atoms with van der Waals surface area (Å²) < 4.78 is 38.5. The van der Waals surface area contributed by atoms with Gasteiger partial charge in [-0.05, 0) is 17.7 Å². The van der Waals surface area contributed by atoms with Crippen molar-refractivity contribution < 1.29 is 23.1 Å². The van der Waals surface area contributed by atoms with E-state index in [2.05, 4.69) is 15.0 Å². The minimum absolute atomic E-state index is 0.0542. The van der Waals surface area contributed by atoms with Gasteiger partial charge in [-0.3, -0.25) is 9.78 Å². The molecule has 3 aromatic rings. The summed E-state index contributed by atoms with van der Waals surface area (Å²) in [5.74, 6) is -0.774. The van der Waals surface area contributed by atoms with Crippen molar-refractivity contribution in [2.45, 2.75) is 18.8 Å². The Morgan fingerprint density at radius 3 is 2.81 bits per heavy atom. The van der Waals surface area contributed by atoms with Crippen LogP contribution < -0.4 is 5.32 Å². The molecule has 0 spiro atoms. The van der Waals surface area contributed by atoms with Gasteiger partial charge in [0.15, 0.2) is 11.8 Å². The Labute approximate surface area is 145 Å². The number of aromatic nitrogens is 4. The second kappa shape index (κ2) is 7.08. The molecule has 1 atom stereocenters. The topological polar surface area (TPSA) is 92.9 Å². The van der Waals surface area contributed by atoms with E-state index in [4.69, 9.17) is 5.11 Å². The van der Waals surface area contributed by atoms with E-state index in [0.29, 0.717) is 17.7 Å². The zero-order chi connectivity index (χ0) is 18.7. The molecule has 2 N–H and O–H groups in total. The van der Waals surface area contributed by atoms with Crippen molar-refractivity contribution in [3.63, 3.8) is 0 Å². The average molecular weight is 365 g/mol. The number of amides is 1. The number of rotatable bonds is 5. The number of aliphatic hydroxyl groups is 1. The van der Waals surface area contributed by atoms with Crippen LogP contribution in [0.3, 0.4) is 0 Å². The number of carbonyl (C=O) groups is 1. The van der Waals surface area contributed by atoms with Crippen molar-refractivity contribution in [2.24, 2.45) is 0 Å². The van der Waals surface area contributed by atoms with Gasteiger partial charge in [-0.15, -0.1) is 0 Å². The Kier molecular flexibility index (Phi) is 4.85. The number of nitrogens with zero attached hydrogens (tertiary/aromatic N) is 4. The lowest BCUT2D eigenvalue weighted by Crippen LogP contribution is -2.40. The van der Waals surface area contributed by atoms with Gasteiger partial charge < -0.3 is 15.0 Å². The normalized spacial score (nSPS) is 12.9. The average Bonchev–Trinajstić information content (AvgIpc) is 3.01. The van der Waals surface area contributed by atoms with Gasteiger partial charge in [-0.2, -0.15) is 13.2 Å². The van der Waals surface area contributed by atoms with Crippen molar-refractivity contribution >= 4 is 17.1 Å². The van der Waals surface area contributed by atoms with Crippen LogP contribution in [0.5, 0.6) is 0 Å². The maximum Gasteiger partial charge on any atom is 0.416 e. The van der Waals surface area contributed by atoms with Crippen LogP contribution >= 0.6 is 0 Å². The van der Waals surface area contributed by atoms with Crippen molar-refractivity contribution in [2.75, 3.05) is 6.54 Å². The summed E-state index contributed by atoms with van der Waals surface area (Å²) >= 11 is 0. The van der Waals surface area contributed by atoms with Gasteiger partial charge >= 0.3 is 6.18 Å². The number of imidazole rings is 1. The van der Waals surface area contributed by atoms with Crippen LogP contribution in [0, 0.1) is 0 Å². The molecule has 7 nitrogen and oxygen atoms in total. The van der Waals surface area contributed by atoms with E-state index in [-0.39, 0.29) is 5.56 Å². The molecule has 1 amide bonds. The van der Waals surface area contributed by atoms with E-state index in [0.717, 1.165) is 5.56 Å². The standard InChI is InChI=1S/C16H14F3N5O2/c17-16(18,19)13(25)7-22-15(26)11-4-12-14(21-6-11)24(9-23-12)8-10-2-1-3-20-5-10/h1-6,9,13,25H,7-8H2,(H,22,26). The number of fused-ring (bicyclic) bond motifs is 1. The number of carbonyl (C=O) groups excluding carboxylic acids is 1. The molecule has 0 saturated heterocycles. The lowest BCUT2D eigenvalue weighted by molar-refractivity contribution is -0.201. The van der Waals surface area contributed by atoms with E-state index in [1.54, 1.807) is 29.4 Å². The number of nitrogens with one attached hydrogen (secondary N) is 1. The monoisotopic (exact) mass is 365 g/mol. The van der Waals surface area contributed by atoms with Crippen LogP contribution in [0.1, 0.15) is 15.9 Å². The molecular weight excluding hydrogens is 351 g/mol. The summed E-state index contributed by atoms with van der Waals surface area (Å²) in [5, 5.41) is 10.9. The molecule has 10 heteroatoms.